The number of amides is 1. The van der Waals surface area contributed by atoms with E-state index in [1.165, 1.54) is 0 Å². The molecule has 1 aromatic heterocycles. The van der Waals surface area contributed by atoms with Crippen LogP contribution in [0, 0.1) is 12.8 Å². The van der Waals surface area contributed by atoms with Gasteiger partial charge >= 0.3 is 5.97 Å². The first-order valence-electron chi connectivity index (χ1n) is 9.67. The van der Waals surface area contributed by atoms with Crippen LogP contribution in [-0.4, -0.2) is 40.0 Å². The third-order valence-corrected chi connectivity index (χ3v) is 5.36. The van der Waals surface area contributed by atoms with Crippen LogP contribution in [0.2, 0.25) is 0 Å². The number of nitrogens with zero attached hydrogens (tertiary/aromatic N) is 2. The summed E-state index contributed by atoms with van der Waals surface area (Å²) >= 11 is 0. The fourth-order valence-electron chi connectivity index (χ4n) is 3.61. The standard InChI is InChI=1S/C23H22N2O4/c1-15-6-8-16(9-7-15)20-14-24-21(29-20)18-4-2-3-5-19(18)22(26)25-12-10-17(11-13-25)23(27)28/h2-9,14,17H,10-13H2,1H3,(H,27,28). The zero-order chi connectivity index (χ0) is 20.4. The minimum Gasteiger partial charge on any atom is -0.481 e. The maximum atomic E-state index is 13.1. The van der Waals surface area contributed by atoms with Crippen molar-refractivity contribution in [1.29, 1.82) is 0 Å². The predicted molar refractivity (Wildman–Crippen MR) is 108 cm³/mol. The van der Waals surface area contributed by atoms with Crippen LogP contribution in [0.1, 0.15) is 28.8 Å². The Bertz CT molecular complexity index is 1030. The van der Waals surface area contributed by atoms with Crippen LogP contribution in [0.25, 0.3) is 22.8 Å². The molecule has 0 unspecified atom stereocenters. The molecule has 0 radical (unpaired) electrons. The Morgan fingerprint density at radius 2 is 1.76 bits per heavy atom. The molecule has 4 rings (SSSR count). The van der Waals surface area contributed by atoms with Gasteiger partial charge in [0, 0.05) is 24.2 Å². The van der Waals surface area contributed by atoms with Crippen LogP contribution in [0.5, 0.6) is 0 Å². The summed E-state index contributed by atoms with van der Waals surface area (Å²) in [6.45, 7) is 2.89. The molecule has 6 heteroatoms. The van der Waals surface area contributed by atoms with Crippen molar-refractivity contribution < 1.29 is 19.1 Å². The number of piperidine rings is 1. The van der Waals surface area contributed by atoms with Crippen LogP contribution in [0.15, 0.2) is 59.1 Å². The zero-order valence-corrected chi connectivity index (χ0v) is 16.2. The lowest BCUT2D eigenvalue weighted by Crippen LogP contribution is -2.40. The minimum atomic E-state index is -0.791. The number of carboxylic acid groups (broad SMARTS) is 1. The average molecular weight is 390 g/mol. The predicted octanol–water partition coefficient (Wildman–Crippen LogP) is 4.25. The Labute approximate surface area is 168 Å². The maximum absolute atomic E-state index is 13.1. The third kappa shape index (κ3) is 3.92. The van der Waals surface area contributed by atoms with E-state index in [-0.39, 0.29) is 11.8 Å². The van der Waals surface area contributed by atoms with E-state index < -0.39 is 5.97 Å². The highest BCUT2D eigenvalue weighted by Gasteiger charge is 2.29. The number of likely N-dealkylation sites (tertiary alicyclic amines) is 1. The lowest BCUT2D eigenvalue weighted by Gasteiger charge is -2.30. The van der Waals surface area contributed by atoms with Crippen LogP contribution in [0.3, 0.4) is 0 Å². The molecule has 29 heavy (non-hydrogen) atoms. The molecule has 1 fully saturated rings. The fourth-order valence-corrected chi connectivity index (χ4v) is 3.61. The van der Waals surface area contributed by atoms with Gasteiger partial charge in [-0.15, -0.1) is 0 Å². The van der Waals surface area contributed by atoms with Gasteiger partial charge in [0.15, 0.2) is 5.76 Å². The van der Waals surface area contributed by atoms with Crippen LogP contribution in [0.4, 0.5) is 0 Å². The van der Waals surface area contributed by atoms with E-state index in [9.17, 15) is 9.59 Å². The molecular weight excluding hydrogens is 368 g/mol. The summed E-state index contributed by atoms with van der Waals surface area (Å²) in [5.74, 6) is -0.256. The van der Waals surface area contributed by atoms with Crippen LogP contribution < -0.4 is 0 Å². The molecule has 0 saturated carbocycles. The van der Waals surface area contributed by atoms with Crippen molar-refractivity contribution in [3.8, 4) is 22.8 Å². The highest BCUT2D eigenvalue weighted by atomic mass is 16.4. The van der Waals surface area contributed by atoms with Crippen molar-refractivity contribution in [2.75, 3.05) is 13.1 Å². The third-order valence-electron chi connectivity index (χ3n) is 5.36. The Morgan fingerprint density at radius 3 is 2.45 bits per heavy atom. The van der Waals surface area contributed by atoms with Gasteiger partial charge in [0.25, 0.3) is 5.91 Å². The van der Waals surface area contributed by atoms with Gasteiger partial charge in [-0.05, 0) is 31.9 Å². The van der Waals surface area contributed by atoms with Gasteiger partial charge in [0.1, 0.15) is 0 Å². The summed E-state index contributed by atoms with van der Waals surface area (Å²) in [5, 5.41) is 9.16. The summed E-state index contributed by atoms with van der Waals surface area (Å²) in [4.78, 5) is 30.4. The molecule has 1 amide bonds. The number of benzene rings is 2. The highest BCUT2D eigenvalue weighted by Crippen LogP contribution is 2.30. The fraction of sp³-hybridized carbons (Fsp3) is 0.261. The average Bonchev–Trinajstić information content (AvgIpc) is 3.24. The van der Waals surface area contributed by atoms with Gasteiger partial charge < -0.3 is 14.4 Å². The number of hydrogen-bond acceptors (Lipinski definition) is 4. The highest BCUT2D eigenvalue weighted by molar-refractivity contribution is 6.00. The molecular formula is C23H22N2O4. The molecule has 6 nitrogen and oxygen atoms in total. The van der Waals surface area contributed by atoms with Gasteiger partial charge in [-0.3, -0.25) is 9.59 Å². The van der Waals surface area contributed by atoms with E-state index in [0.717, 1.165) is 11.1 Å². The maximum Gasteiger partial charge on any atom is 0.306 e. The first-order chi connectivity index (χ1) is 14.0. The van der Waals surface area contributed by atoms with Crippen molar-refractivity contribution >= 4 is 11.9 Å². The van der Waals surface area contributed by atoms with Crippen LogP contribution >= 0.6 is 0 Å². The molecule has 0 spiro atoms. The van der Waals surface area contributed by atoms with E-state index in [1.54, 1.807) is 17.2 Å². The minimum absolute atomic E-state index is 0.125. The summed E-state index contributed by atoms with van der Waals surface area (Å²) in [7, 11) is 0. The molecule has 0 aliphatic carbocycles. The van der Waals surface area contributed by atoms with E-state index in [4.69, 9.17) is 9.52 Å². The first-order valence-corrected chi connectivity index (χ1v) is 9.67. The largest absolute Gasteiger partial charge is 0.481 e. The summed E-state index contributed by atoms with van der Waals surface area (Å²) < 4.78 is 5.96. The molecule has 1 N–H and O–H groups in total. The Balaban J connectivity index is 1.58. The lowest BCUT2D eigenvalue weighted by atomic mass is 9.96. The second kappa shape index (κ2) is 7.91. The number of aryl methyl sites for hydroxylation is 1. The number of carbonyl (C=O) groups excluding carboxylic acids is 1. The molecule has 2 aromatic carbocycles. The first kappa shape index (κ1) is 18.9. The summed E-state index contributed by atoms with van der Waals surface area (Å²) in [5.41, 5.74) is 3.24. The van der Waals surface area contributed by atoms with Crippen molar-refractivity contribution in [2.45, 2.75) is 19.8 Å². The molecule has 0 atom stereocenters. The van der Waals surface area contributed by atoms with Gasteiger partial charge in [-0.1, -0.05) is 42.0 Å². The Kier molecular flexibility index (Phi) is 5.16. The Morgan fingerprint density at radius 1 is 1.07 bits per heavy atom. The number of hydrogen-bond donors (Lipinski definition) is 1. The summed E-state index contributed by atoms with van der Waals surface area (Å²) in [6, 6.07) is 15.2. The monoisotopic (exact) mass is 390 g/mol. The molecule has 148 valence electrons. The number of oxazole rings is 1. The quantitative estimate of drug-likeness (QED) is 0.720. The smallest absolute Gasteiger partial charge is 0.306 e. The molecule has 1 aliphatic heterocycles. The van der Waals surface area contributed by atoms with Crippen molar-refractivity contribution in [3.05, 3.63) is 65.9 Å². The normalized spacial score (nSPS) is 14.7. The number of carbonyl (C=O) groups is 2. The van der Waals surface area contributed by atoms with E-state index in [1.807, 2.05) is 49.4 Å². The number of rotatable bonds is 4. The number of aromatic nitrogens is 1. The second-order valence-corrected chi connectivity index (χ2v) is 7.35. The topological polar surface area (TPSA) is 83.6 Å². The van der Waals surface area contributed by atoms with Gasteiger partial charge in [0.2, 0.25) is 5.89 Å². The van der Waals surface area contributed by atoms with E-state index >= 15 is 0 Å². The zero-order valence-electron chi connectivity index (χ0n) is 16.2. The van der Waals surface area contributed by atoms with Crippen LogP contribution in [-0.2, 0) is 4.79 Å². The SMILES string of the molecule is Cc1ccc(-c2cnc(-c3ccccc3C(=O)N3CCC(C(=O)O)CC3)o2)cc1. The number of carboxylic acids is 1. The van der Waals surface area contributed by atoms with E-state index in [0.29, 0.717) is 48.7 Å². The Hall–Kier alpha value is -3.41. The lowest BCUT2D eigenvalue weighted by molar-refractivity contribution is -0.143. The second-order valence-electron chi connectivity index (χ2n) is 7.35. The van der Waals surface area contributed by atoms with Crippen molar-refractivity contribution in [3.63, 3.8) is 0 Å². The van der Waals surface area contributed by atoms with Gasteiger partial charge in [0.05, 0.1) is 17.7 Å². The van der Waals surface area contributed by atoms with E-state index in [2.05, 4.69) is 4.98 Å². The molecule has 0 bridgehead atoms. The molecule has 1 aliphatic rings. The number of aliphatic carboxylic acids is 1. The van der Waals surface area contributed by atoms with Crippen molar-refractivity contribution in [2.24, 2.45) is 5.92 Å². The van der Waals surface area contributed by atoms with Crippen molar-refractivity contribution in [1.82, 2.24) is 9.88 Å². The molecule has 2 heterocycles. The summed E-state index contributed by atoms with van der Waals surface area (Å²) in [6.07, 6.45) is 2.61. The molecule has 3 aromatic rings. The molecule has 1 saturated heterocycles. The van der Waals surface area contributed by atoms with Gasteiger partial charge in [-0.25, -0.2) is 4.98 Å². The van der Waals surface area contributed by atoms with Gasteiger partial charge in [-0.2, -0.15) is 0 Å².